The Balaban J connectivity index is 2.02. The van der Waals surface area contributed by atoms with Gasteiger partial charge < -0.3 is 20.5 Å². The highest BCUT2D eigenvalue weighted by molar-refractivity contribution is 7.14. The molecule has 0 aliphatic heterocycles. The monoisotopic (exact) mass is 306 g/mol. The van der Waals surface area contributed by atoms with Gasteiger partial charge in [-0.3, -0.25) is 4.79 Å². The molecule has 6 heteroatoms. The molecule has 112 valence electrons. The van der Waals surface area contributed by atoms with Gasteiger partial charge in [-0.05, 0) is 25.1 Å². The second-order valence-corrected chi connectivity index (χ2v) is 5.70. The average molecular weight is 306 g/mol. The maximum atomic E-state index is 12.1. The van der Waals surface area contributed by atoms with E-state index in [0.717, 1.165) is 4.88 Å². The Morgan fingerprint density at radius 1 is 1.33 bits per heavy atom. The summed E-state index contributed by atoms with van der Waals surface area (Å²) in [7, 11) is 1.62. The Hall–Kier alpha value is -2.05. The first kappa shape index (κ1) is 15.3. The second-order valence-electron chi connectivity index (χ2n) is 4.45. The molecule has 0 saturated carbocycles. The van der Waals surface area contributed by atoms with Gasteiger partial charge in [0.15, 0.2) is 0 Å². The number of carbonyl (C=O) groups is 1. The summed E-state index contributed by atoms with van der Waals surface area (Å²) >= 11 is 1.38. The fraction of sp³-hybridized carbons (Fsp3) is 0.267. The van der Waals surface area contributed by atoms with Gasteiger partial charge in [0.25, 0.3) is 5.91 Å². The average Bonchev–Trinajstić information content (AvgIpc) is 2.80. The van der Waals surface area contributed by atoms with E-state index < -0.39 is 0 Å². The van der Waals surface area contributed by atoms with Crippen LogP contribution in [-0.2, 0) is 4.74 Å². The molecule has 1 aromatic heterocycles. The van der Waals surface area contributed by atoms with Crippen molar-refractivity contribution in [3.8, 4) is 5.75 Å². The van der Waals surface area contributed by atoms with Crippen LogP contribution in [0.1, 0.15) is 14.5 Å². The van der Waals surface area contributed by atoms with E-state index in [1.165, 1.54) is 11.3 Å². The number of methoxy groups -OCH3 is 1. The minimum absolute atomic E-state index is 0.172. The molecule has 2 rings (SSSR count). The molecular formula is C15H18N2O3S. The molecule has 1 amide bonds. The van der Waals surface area contributed by atoms with Crippen molar-refractivity contribution in [2.45, 2.75) is 6.92 Å². The number of nitrogens with two attached hydrogens (primary N) is 1. The van der Waals surface area contributed by atoms with Crippen molar-refractivity contribution < 1.29 is 14.3 Å². The number of anilines is 2. The molecule has 0 fully saturated rings. The van der Waals surface area contributed by atoms with E-state index in [0.29, 0.717) is 35.2 Å². The Bertz CT molecular complexity index is 606. The number of hydrogen-bond donors (Lipinski definition) is 2. The van der Waals surface area contributed by atoms with Crippen molar-refractivity contribution in [2.75, 3.05) is 31.4 Å². The summed E-state index contributed by atoms with van der Waals surface area (Å²) < 4.78 is 10.4. The molecule has 0 unspecified atom stereocenters. The van der Waals surface area contributed by atoms with Crippen LogP contribution in [0.5, 0.6) is 5.75 Å². The highest BCUT2D eigenvalue weighted by Gasteiger charge is 2.11. The van der Waals surface area contributed by atoms with Crippen molar-refractivity contribution in [2.24, 2.45) is 0 Å². The molecule has 0 saturated heterocycles. The number of hydrogen-bond acceptors (Lipinski definition) is 5. The standard InChI is InChI=1S/C15H18N2O3S/c1-10-13(16)9-14(21-10)15(18)17-11-4-3-5-12(8-11)20-7-6-19-2/h3-5,8-9H,6-7,16H2,1-2H3,(H,17,18). The van der Waals surface area contributed by atoms with E-state index in [9.17, 15) is 4.79 Å². The van der Waals surface area contributed by atoms with Crippen molar-refractivity contribution >= 4 is 28.6 Å². The lowest BCUT2D eigenvalue weighted by molar-refractivity contribution is 0.103. The normalized spacial score (nSPS) is 10.4. The first-order valence-corrected chi connectivity index (χ1v) is 7.31. The first-order valence-electron chi connectivity index (χ1n) is 6.49. The summed E-state index contributed by atoms with van der Waals surface area (Å²) in [5.41, 5.74) is 7.08. The number of nitrogens with one attached hydrogen (secondary N) is 1. The molecule has 5 nitrogen and oxygen atoms in total. The fourth-order valence-electron chi connectivity index (χ4n) is 1.71. The van der Waals surface area contributed by atoms with Crippen LogP contribution in [0.3, 0.4) is 0 Å². The van der Waals surface area contributed by atoms with Gasteiger partial charge >= 0.3 is 0 Å². The molecule has 0 spiro atoms. The van der Waals surface area contributed by atoms with Gasteiger partial charge in [-0.25, -0.2) is 0 Å². The smallest absolute Gasteiger partial charge is 0.265 e. The van der Waals surface area contributed by atoms with Gasteiger partial charge in [0.2, 0.25) is 0 Å². The molecule has 2 aromatic rings. The summed E-state index contributed by atoms with van der Waals surface area (Å²) in [5.74, 6) is 0.514. The molecule has 1 heterocycles. The molecule has 1 aromatic carbocycles. The number of amides is 1. The lowest BCUT2D eigenvalue weighted by Crippen LogP contribution is -2.10. The SMILES string of the molecule is COCCOc1cccc(NC(=O)c2cc(N)c(C)s2)c1. The lowest BCUT2D eigenvalue weighted by Gasteiger charge is -2.08. The topological polar surface area (TPSA) is 73.6 Å². The van der Waals surface area contributed by atoms with Gasteiger partial charge in [0.05, 0.1) is 11.5 Å². The minimum Gasteiger partial charge on any atom is -0.491 e. The number of nitrogen functional groups attached to an aromatic ring is 1. The zero-order valence-electron chi connectivity index (χ0n) is 12.0. The zero-order valence-corrected chi connectivity index (χ0v) is 12.8. The van der Waals surface area contributed by atoms with Crippen LogP contribution in [0.2, 0.25) is 0 Å². The lowest BCUT2D eigenvalue weighted by atomic mass is 10.3. The molecule has 0 radical (unpaired) electrons. The van der Waals surface area contributed by atoms with Gasteiger partial charge in [0, 0.05) is 29.4 Å². The third-order valence-electron chi connectivity index (χ3n) is 2.83. The van der Waals surface area contributed by atoms with E-state index in [1.807, 2.05) is 25.1 Å². The number of rotatable bonds is 6. The van der Waals surface area contributed by atoms with Gasteiger partial charge in [0.1, 0.15) is 12.4 Å². The highest BCUT2D eigenvalue weighted by Crippen LogP contribution is 2.25. The summed E-state index contributed by atoms with van der Waals surface area (Å²) in [6, 6.07) is 8.93. The van der Waals surface area contributed by atoms with E-state index in [-0.39, 0.29) is 5.91 Å². The summed E-state index contributed by atoms with van der Waals surface area (Å²) in [6.07, 6.45) is 0. The van der Waals surface area contributed by atoms with Crippen LogP contribution >= 0.6 is 11.3 Å². The van der Waals surface area contributed by atoms with Gasteiger partial charge in [-0.2, -0.15) is 0 Å². The molecule has 0 aliphatic carbocycles. The Morgan fingerprint density at radius 3 is 2.81 bits per heavy atom. The Morgan fingerprint density at radius 2 is 2.14 bits per heavy atom. The van der Waals surface area contributed by atoms with Crippen LogP contribution in [0.15, 0.2) is 30.3 Å². The Labute approximate surface area is 127 Å². The second kappa shape index (κ2) is 7.10. The van der Waals surface area contributed by atoms with E-state index in [1.54, 1.807) is 19.2 Å². The number of aryl methyl sites for hydroxylation is 1. The van der Waals surface area contributed by atoms with E-state index in [2.05, 4.69) is 5.32 Å². The molecule has 3 N–H and O–H groups in total. The van der Waals surface area contributed by atoms with Crippen molar-refractivity contribution in [3.05, 3.63) is 40.1 Å². The summed E-state index contributed by atoms with van der Waals surface area (Å²) in [4.78, 5) is 13.7. The Kier molecular flexibility index (Phi) is 5.19. The summed E-state index contributed by atoms with van der Waals surface area (Å²) in [6.45, 7) is 2.87. The van der Waals surface area contributed by atoms with E-state index >= 15 is 0 Å². The van der Waals surface area contributed by atoms with Crippen LogP contribution in [-0.4, -0.2) is 26.2 Å². The molecular weight excluding hydrogens is 288 g/mol. The molecule has 21 heavy (non-hydrogen) atoms. The van der Waals surface area contributed by atoms with Crippen molar-refractivity contribution in [1.82, 2.24) is 0 Å². The minimum atomic E-state index is -0.172. The highest BCUT2D eigenvalue weighted by atomic mass is 32.1. The number of ether oxygens (including phenoxy) is 2. The fourth-order valence-corrected chi connectivity index (χ4v) is 2.54. The van der Waals surface area contributed by atoms with Crippen molar-refractivity contribution in [3.63, 3.8) is 0 Å². The van der Waals surface area contributed by atoms with Crippen LogP contribution < -0.4 is 15.8 Å². The largest absolute Gasteiger partial charge is 0.491 e. The third-order valence-corrected chi connectivity index (χ3v) is 3.89. The summed E-state index contributed by atoms with van der Waals surface area (Å²) in [5, 5.41) is 2.83. The van der Waals surface area contributed by atoms with Crippen LogP contribution in [0.25, 0.3) is 0 Å². The quantitative estimate of drug-likeness (QED) is 0.805. The third kappa shape index (κ3) is 4.21. The van der Waals surface area contributed by atoms with Crippen molar-refractivity contribution in [1.29, 1.82) is 0 Å². The number of thiophene rings is 1. The predicted molar refractivity (Wildman–Crippen MR) is 85.2 cm³/mol. The van der Waals surface area contributed by atoms with Crippen LogP contribution in [0, 0.1) is 6.92 Å². The predicted octanol–water partition coefficient (Wildman–Crippen LogP) is 2.92. The van der Waals surface area contributed by atoms with Crippen LogP contribution in [0.4, 0.5) is 11.4 Å². The zero-order chi connectivity index (χ0) is 15.2. The number of carbonyl (C=O) groups excluding carboxylic acids is 1. The molecule has 0 bridgehead atoms. The molecule has 0 aliphatic rings. The van der Waals surface area contributed by atoms with E-state index in [4.69, 9.17) is 15.2 Å². The maximum absolute atomic E-state index is 12.1. The molecule has 0 atom stereocenters. The number of benzene rings is 1. The van der Waals surface area contributed by atoms with Gasteiger partial charge in [-0.15, -0.1) is 11.3 Å². The maximum Gasteiger partial charge on any atom is 0.265 e. The first-order chi connectivity index (χ1) is 10.1. The van der Waals surface area contributed by atoms with Gasteiger partial charge in [-0.1, -0.05) is 6.07 Å².